The average Bonchev–Trinajstić information content (AvgIpc) is 2.45. The van der Waals surface area contributed by atoms with Crippen LogP contribution in [0.4, 0.5) is 10.1 Å². The Morgan fingerprint density at radius 2 is 1.95 bits per heavy atom. The largest absolute Gasteiger partial charge is 0.398 e. The molecular weight excluding hydrogens is 257 g/mol. The number of hydrogen-bond donors (Lipinski definition) is 1. The molecule has 100 valence electrons. The van der Waals surface area contributed by atoms with E-state index in [1.165, 1.54) is 23.0 Å². The summed E-state index contributed by atoms with van der Waals surface area (Å²) < 4.78 is 15.1. The highest BCUT2D eigenvalue weighted by Gasteiger charge is 2.09. The molecule has 20 heavy (non-hydrogen) atoms. The van der Waals surface area contributed by atoms with E-state index in [1.54, 1.807) is 24.3 Å². The maximum Gasteiger partial charge on any atom is 0.261 e. The van der Waals surface area contributed by atoms with Gasteiger partial charge in [0.05, 0.1) is 23.8 Å². The van der Waals surface area contributed by atoms with Crippen molar-refractivity contribution in [2.24, 2.45) is 0 Å². The topological polar surface area (TPSA) is 60.9 Å². The van der Waals surface area contributed by atoms with Gasteiger partial charge in [0.1, 0.15) is 5.82 Å². The van der Waals surface area contributed by atoms with Crippen LogP contribution >= 0.6 is 0 Å². The van der Waals surface area contributed by atoms with Gasteiger partial charge >= 0.3 is 0 Å². The molecule has 0 bridgehead atoms. The average molecular weight is 269 g/mol. The molecule has 0 saturated carbocycles. The molecule has 0 aliphatic rings. The Kier molecular flexibility index (Phi) is 2.95. The number of fused-ring (bicyclic) bond motifs is 1. The molecular formula is C15H12FN3O. The van der Waals surface area contributed by atoms with Gasteiger partial charge in [0.15, 0.2) is 0 Å². The third-order valence-electron chi connectivity index (χ3n) is 3.22. The summed E-state index contributed by atoms with van der Waals surface area (Å²) in [6.45, 7) is 0.0647. The van der Waals surface area contributed by atoms with Gasteiger partial charge in [-0.2, -0.15) is 0 Å². The molecule has 0 spiro atoms. The van der Waals surface area contributed by atoms with Gasteiger partial charge in [0.2, 0.25) is 0 Å². The highest BCUT2D eigenvalue weighted by atomic mass is 19.1. The molecule has 0 radical (unpaired) electrons. The normalized spacial score (nSPS) is 10.8. The molecule has 3 rings (SSSR count). The number of hydrogen-bond acceptors (Lipinski definition) is 3. The highest BCUT2D eigenvalue weighted by Crippen LogP contribution is 2.16. The monoisotopic (exact) mass is 269 g/mol. The Balaban J connectivity index is 2.12. The summed E-state index contributed by atoms with van der Waals surface area (Å²) in [5.74, 6) is -0.426. The van der Waals surface area contributed by atoms with E-state index in [-0.39, 0.29) is 12.1 Å². The molecule has 5 heteroatoms. The Morgan fingerprint density at radius 1 is 1.15 bits per heavy atom. The lowest BCUT2D eigenvalue weighted by molar-refractivity contribution is 0.597. The Bertz CT molecular complexity index is 822. The van der Waals surface area contributed by atoms with Crippen molar-refractivity contribution in [3.63, 3.8) is 0 Å². The molecule has 0 fully saturated rings. The summed E-state index contributed by atoms with van der Waals surface area (Å²) in [5.41, 5.74) is 6.79. The first kappa shape index (κ1) is 12.3. The van der Waals surface area contributed by atoms with Gasteiger partial charge in [-0.15, -0.1) is 0 Å². The second-order valence-electron chi connectivity index (χ2n) is 4.50. The summed E-state index contributed by atoms with van der Waals surface area (Å²) >= 11 is 0. The van der Waals surface area contributed by atoms with Crippen molar-refractivity contribution >= 4 is 16.6 Å². The van der Waals surface area contributed by atoms with Crippen molar-refractivity contribution in [1.82, 2.24) is 9.55 Å². The molecule has 4 nitrogen and oxygen atoms in total. The van der Waals surface area contributed by atoms with E-state index in [0.29, 0.717) is 22.2 Å². The first-order chi connectivity index (χ1) is 9.66. The minimum atomic E-state index is -0.426. The van der Waals surface area contributed by atoms with Gasteiger partial charge in [-0.25, -0.2) is 9.37 Å². The minimum absolute atomic E-state index is 0.0647. The lowest BCUT2D eigenvalue weighted by Gasteiger charge is -2.09. The van der Waals surface area contributed by atoms with Crippen LogP contribution in [0.15, 0.2) is 53.6 Å². The number of anilines is 1. The SMILES string of the molecule is Nc1cccc(F)c1Cn1cnc2ccccc2c1=O. The van der Waals surface area contributed by atoms with Crippen molar-refractivity contribution in [2.75, 3.05) is 5.73 Å². The van der Waals surface area contributed by atoms with Crippen LogP contribution in [-0.2, 0) is 6.54 Å². The highest BCUT2D eigenvalue weighted by molar-refractivity contribution is 5.76. The predicted octanol–water partition coefficient (Wildman–Crippen LogP) is 2.17. The summed E-state index contributed by atoms with van der Waals surface area (Å²) in [7, 11) is 0. The summed E-state index contributed by atoms with van der Waals surface area (Å²) in [5, 5.41) is 0.505. The molecule has 0 aliphatic carbocycles. The van der Waals surface area contributed by atoms with Gasteiger partial charge in [-0.1, -0.05) is 18.2 Å². The van der Waals surface area contributed by atoms with E-state index < -0.39 is 5.82 Å². The quantitative estimate of drug-likeness (QED) is 0.725. The number of benzene rings is 2. The summed E-state index contributed by atoms with van der Waals surface area (Å²) in [6.07, 6.45) is 1.41. The second kappa shape index (κ2) is 4.77. The van der Waals surface area contributed by atoms with Crippen LogP contribution in [0.3, 0.4) is 0 Å². The lowest BCUT2D eigenvalue weighted by atomic mass is 10.1. The van der Waals surface area contributed by atoms with E-state index in [4.69, 9.17) is 5.73 Å². The molecule has 3 aromatic rings. The summed E-state index contributed by atoms with van der Waals surface area (Å²) in [4.78, 5) is 16.5. The lowest BCUT2D eigenvalue weighted by Crippen LogP contribution is -2.22. The number of halogens is 1. The van der Waals surface area contributed by atoms with Crippen molar-refractivity contribution < 1.29 is 4.39 Å². The Hall–Kier alpha value is -2.69. The number of nitrogen functional groups attached to an aromatic ring is 1. The molecule has 0 saturated heterocycles. The van der Waals surface area contributed by atoms with Crippen LogP contribution in [0.2, 0.25) is 0 Å². The molecule has 1 heterocycles. The van der Waals surface area contributed by atoms with Crippen molar-refractivity contribution in [3.05, 3.63) is 70.5 Å². The zero-order valence-corrected chi connectivity index (χ0v) is 10.6. The van der Waals surface area contributed by atoms with Gasteiger partial charge in [0.25, 0.3) is 5.56 Å². The number of rotatable bonds is 2. The standard InChI is InChI=1S/C15H12FN3O/c16-12-5-3-6-13(17)11(12)8-19-9-18-14-7-2-1-4-10(14)15(19)20/h1-7,9H,8,17H2. The first-order valence-electron chi connectivity index (χ1n) is 6.14. The number of nitrogens with two attached hydrogens (primary N) is 1. The number of aromatic nitrogens is 2. The smallest absolute Gasteiger partial charge is 0.261 e. The van der Waals surface area contributed by atoms with Crippen LogP contribution in [0.1, 0.15) is 5.56 Å². The van der Waals surface area contributed by atoms with Crippen molar-refractivity contribution in [1.29, 1.82) is 0 Å². The van der Waals surface area contributed by atoms with E-state index in [2.05, 4.69) is 4.98 Å². The fourth-order valence-electron chi connectivity index (χ4n) is 2.13. The number of nitrogens with zero attached hydrogens (tertiary/aromatic N) is 2. The van der Waals surface area contributed by atoms with Crippen LogP contribution in [-0.4, -0.2) is 9.55 Å². The van der Waals surface area contributed by atoms with Gasteiger partial charge in [-0.3, -0.25) is 9.36 Å². The van der Waals surface area contributed by atoms with Gasteiger partial charge in [-0.05, 0) is 24.3 Å². The maximum atomic E-state index is 13.8. The number of para-hydroxylation sites is 1. The fraction of sp³-hybridized carbons (Fsp3) is 0.0667. The van der Waals surface area contributed by atoms with Crippen molar-refractivity contribution in [3.8, 4) is 0 Å². The Labute approximate surface area is 114 Å². The van der Waals surface area contributed by atoms with Gasteiger partial charge < -0.3 is 5.73 Å². The molecule has 0 unspecified atom stereocenters. The first-order valence-corrected chi connectivity index (χ1v) is 6.14. The predicted molar refractivity (Wildman–Crippen MR) is 75.9 cm³/mol. The zero-order chi connectivity index (χ0) is 14.1. The fourth-order valence-corrected chi connectivity index (χ4v) is 2.13. The van der Waals surface area contributed by atoms with Crippen LogP contribution in [0.25, 0.3) is 10.9 Å². The summed E-state index contributed by atoms with van der Waals surface area (Å²) in [6, 6.07) is 11.5. The molecule has 2 N–H and O–H groups in total. The van der Waals surface area contributed by atoms with E-state index >= 15 is 0 Å². The van der Waals surface area contributed by atoms with E-state index in [9.17, 15) is 9.18 Å². The van der Waals surface area contributed by atoms with Crippen LogP contribution in [0.5, 0.6) is 0 Å². The molecule has 1 aromatic heterocycles. The maximum absolute atomic E-state index is 13.8. The second-order valence-corrected chi connectivity index (χ2v) is 4.50. The molecule has 0 aliphatic heterocycles. The third-order valence-corrected chi connectivity index (χ3v) is 3.22. The van der Waals surface area contributed by atoms with Gasteiger partial charge in [0, 0.05) is 11.3 Å². The van der Waals surface area contributed by atoms with Crippen LogP contribution in [0, 0.1) is 5.82 Å². The minimum Gasteiger partial charge on any atom is -0.398 e. The Morgan fingerprint density at radius 3 is 2.75 bits per heavy atom. The van der Waals surface area contributed by atoms with E-state index in [1.807, 2.05) is 6.07 Å². The van der Waals surface area contributed by atoms with Crippen LogP contribution < -0.4 is 11.3 Å². The zero-order valence-electron chi connectivity index (χ0n) is 10.6. The molecule has 0 atom stereocenters. The molecule has 0 amide bonds. The third kappa shape index (κ3) is 2.03. The van der Waals surface area contributed by atoms with Crippen molar-refractivity contribution in [2.45, 2.75) is 6.54 Å². The molecule has 2 aromatic carbocycles. The van der Waals surface area contributed by atoms with E-state index in [0.717, 1.165) is 0 Å².